The molecule has 0 unspecified atom stereocenters. The molecule has 21 heavy (non-hydrogen) atoms. The van der Waals surface area contributed by atoms with Crippen molar-refractivity contribution < 1.29 is 4.79 Å². The van der Waals surface area contributed by atoms with Crippen LogP contribution in [0.3, 0.4) is 0 Å². The Morgan fingerprint density at radius 1 is 1.33 bits per heavy atom. The number of carbonyl (C=O) groups excluding carboxylic acids is 1. The number of halogens is 1. The van der Waals surface area contributed by atoms with Gasteiger partial charge >= 0.3 is 0 Å². The van der Waals surface area contributed by atoms with Crippen LogP contribution >= 0.6 is 15.9 Å². The van der Waals surface area contributed by atoms with Crippen molar-refractivity contribution in [2.45, 2.75) is 77.3 Å². The van der Waals surface area contributed by atoms with Crippen molar-refractivity contribution in [1.82, 2.24) is 9.78 Å². The van der Waals surface area contributed by atoms with Gasteiger partial charge in [-0.2, -0.15) is 5.10 Å². The Balaban J connectivity index is 2.07. The van der Waals surface area contributed by atoms with Crippen LogP contribution in [0.5, 0.6) is 0 Å². The number of hydrogen-bond acceptors (Lipinski definition) is 3. The Hall–Kier alpha value is -0.680. The van der Waals surface area contributed by atoms with E-state index in [1.807, 2.05) is 4.68 Å². The van der Waals surface area contributed by atoms with E-state index in [0.717, 1.165) is 54.5 Å². The molecule has 0 aliphatic heterocycles. The van der Waals surface area contributed by atoms with Crippen LogP contribution in [-0.4, -0.2) is 21.1 Å². The van der Waals surface area contributed by atoms with Crippen molar-refractivity contribution in [2.24, 2.45) is 5.73 Å². The molecule has 118 valence electrons. The van der Waals surface area contributed by atoms with E-state index in [1.165, 1.54) is 6.42 Å². The molecular weight excluding hydrogens is 330 g/mol. The summed E-state index contributed by atoms with van der Waals surface area (Å²) >= 11 is 3.60. The van der Waals surface area contributed by atoms with Crippen LogP contribution in [0.1, 0.15) is 63.8 Å². The molecule has 0 aromatic carbocycles. The molecular formula is C16H26BrN3O. The molecule has 0 spiro atoms. The van der Waals surface area contributed by atoms with E-state index in [1.54, 1.807) is 0 Å². The Morgan fingerprint density at radius 3 is 2.57 bits per heavy atom. The lowest BCUT2D eigenvalue weighted by Crippen LogP contribution is -2.43. The molecule has 1 fully saturated rings. The Bertz CT molecular complexity index is 504. The number of rotatable bonds is 6. The lowest BCUT2D eigenvalue weighted by Gasteiger charge is -2.32. The van der Waals surface area contributed by atoms with E-state index >= 15 is 0 Å². The Kier molecular flexibility index (Phi) is 5.60. The standard InChI is InChI=1S/C16H26BrN3O/c1-3-13-15(17)14(20(4-2)19-13)10-12(21)11-16(18)8-6-5-7-9-16/h3-11,18H2,1-2H3. The number of Topliss-reactive ketones (excluding diaryl/α,β-unsaturated/α-hetero) is 1. The monoisotopic (exact) mass is 355 g/mol. The average molecular weight is 356 g/mol. The number of carbonyl (C=O) groups is 1. The lowest BCUT2D eigenvalue weighted by molar-refractivity contribution is -0.120. The zero-order chi connectivity index (χ0) is 15.5. The highest BCUT2D eigenvalue weighted by molar-refractivity contribution is 9.10. The molecule has 5 heteroatoms. The third kappa shape index (κ3) is 3.95. The van der Waals surface area contributed by atoms with Gasteiger partial charge in [-0.15, -0.1) is 0 Å². The first-order chi connectivity index (χ1) is 9.99. The molecule has 2 N–H and O–H groups in total. The summed E-state index contributed by atoms with van der Waals surface area (Å²) in [6.07, 6.45) is 7.31. The summed E-state index contributed by atoms with van der Waals surface area (Å²) in [5.41, 5.74) is 8.15. The number of hydrogen-bond donors (Lipinski definition) is 1. The predicted octanol–water partition coefficient (Wildman–Crippen LogP) is 3.39. The maximum atomic E-state index is 12.5. The minimum atomic E-state index is -0.271. The molecule has 1 saturated carbocycles. The molecule has 1 aliphatic carbocycles. The fraction of sp³-hybridized carbons (Fsp3) is 0.750. The number of nitrogens with zero attached hydrogens (tertiary/aromatic N) is 2. The van der Waals surface area contributed by atoms with Gasteiger partial charge in [0, 0.05) is 24.9 Å². The summed E-state index contributed by atoms with van der Waals surface area (Å²) in [5, 5.41) is 4.55. The second-order valence-corrected chi connectivity index (χ2v) is 6.98. The Labute approximate surface area is 135 Å². The van der Waals surface area contributed by atoms with Crippen molar-refractivity contribution in [3.05, 3.63) is 15.9 Å². The maximum absolute atomic E-state index is 12.5. The third-order valence-electron chi connectivity index (χ3n) is 4.46. The summed E-state index contributed by atoms with van der Waals surface area (Å²) in [6.45, 7) is 4.92. The summed E-state index contributed by atoms with van der Waals surface area (Å²) in [5.74, 6) is 0.234. The smallest absolute Gasteiger partial charge is 0.140 e. The van der Waals surface area contributed by atoms with Gasteiger partial charge in [-0.1, -0.05) is 26.2 Å². The maximum Gasteiger partial charge on any atom is 0.140 e. The first-order valence-corrected chi connectivity index (χ1v) is 8.83. The van der Waals surface area contributed by atoms with Gasteiger partial charge in [0.15, 0.2) is 0 Å². The van der Waals surface area contributed by atoms with Crippen molar-refractivity contribution >= 4 is 21.7 Å². The molecule has 0 saturated heterocycles. The Morgan fingerprint density at radius 2 is 2.00 bits per heavy atom. The molecule has 0 amide bonds. The highest BCUT2D eigenvalue weighted by Gasteiger charge is 2.30. The second kappa shape index (κ2) is 7.05. The highest BCUT2D eigenvalue weighted by atomic mass is 79.9. The fourth-order valence-electron chi connectivity index (χ4n) is 3.26. The van der Waals surface area contributed by atoms with Crippen LogP contribution in [0.2, 0.25) is 0 Å². The number of aryl methyl sites for hydroxylation is 2. The van der Waals surface area contributed by atoms with Gasteiger partial charge in [0.05, 0.1) is 15.9 Å². The van der Waals surface area contributed by atoms with Crippen molar-refractivity contribution in [2.75, 3.05) is 0 Å². The van der Waals surface area contributed by atoms with E-state index < -0.39 is 0 Å². The SMILES string of the molecule is CCc1nn(CC)c(CC(=O)CC2(N)CCCCC2)c1Br. The van der Waals surface area contributed by atoms with Crippen LogP contribution in [0, 0.1) is 0 Å². The van der Waals surface area contributed by atoms with Gasteiger partial charge in [0.2, 0.25) is 0 Å². The van der Waals surface area contributed by atoms with E-state index in [9.17, 15) is 4.79 Å². The molecule has 0 bridgehead atoms. The van der Waals surface area contributed by atoms with Gasteiger partial charge < -0.3 is 5.73 Å². The summed E-state index contributed by atoms with van der Waals surface area (Å²) in [4.78, 5) is 12.5. The van der Waals surface area contributed by atoms with Crippen LogP contribution in [0.25, 0.3) is 0 Å². The van der Waals surface area contributed by atoms with Gasteiger partial charge in [-0.05, 0) is 42.1 Å². The number of ketones is 1. The van der Waals surface area contributed by atoms with E-state index in [-0.39, 0.29) is 11.3 Å². The van der Waals surface area contributed by atoms with E-state index in [4.69, 9.17) is 5.73 Å². The number of aromatic nitrogens is 2. The van der Waals surface area contributed by atoms with Crippen LogP contribution in [0.15, 0.2) is 4.47 Å². The highest BCUT2D eigenvalue weighted by Crippen LogP contribution is 2.30. The molecule has 1 heterocycles. The van der Waals surface area contributed by atoms with E-state index in [2.05, 4.69) is 34.9 Å². The fourth-order valence-corrected chi connectivity index (χ4v) is 3.97. The minimum Gasteiger partial charge on any atom is -0.325 e. The van der Waals surface area contributed by atoms with Gasteiger partial charge in [0.1, 0.15) is 5.78 Å². The van der Waals surface area contributed by atoms with Crippen molar-refractivity contribution in [1.29, 1.82) is 0 Å². The average Bonchev–Trinajstić information content (AvgIpc) is 2.75. The van der Waals surface area contributed by atoms with E-state index in [0.29, 0.717) is 12.8 Å². The van der Waals surface area contributed by atoms with Gasteiger partial charge in [-0.25, -0.2) is 0 Å². The summed E-state index contributed by atoms with van der Waals surface area (Å²) < 4.78 is 2.93. The van der Waals surface area contributed by atoms with Crippen LogP contribution in [0.4, 0.5) is 0 Å². The second-order valence-electron chi connectivity index (χ2n) is 6.19. The first-order valence-electron chi connectivity index (χ1n) is 8.03. The zero-order valence-electron chi connectivity index (χ0n) is 13.1. The van der Waals surface area contributed by atoms with Crippen LogP contribution in [-0.2, 0) is 24.2 Å². The zero-order valence-corrected chi connectivity index (χ0v) is 14.7. The molecule has 4 nitrogen and oxygen atoms in total. The van der Waals surface area contributed by atoms with Gasteiger partial charge in [-0.3, -0.25) is 9.48 Å². The molecule has 0 radical (unpaired) electrons. The van der Waals surface area contributed by atoms with Gasteiger partial charge in [0.25, 0.3) is 0 Å². The molecule has 2 rings (SSSR count). The third-order valence-corrected chi connectivity index (χ3v) is 5.37. The molecule has 0 atom stereocenters. The summed E-state index contributed by atoms with van der Waals surface area (Å²) in [7, 11) is 0. The predicted molar refractivity (Wildman–Crippen MR) is 88.3 cm³/mol. The molecule has 1 aromatic heterocycles. The van der Waals surface area contributed by atoms with Crippen LogP contribution < -0.4 is 5.73 Å². The van der Waals surface area contributed by atoms with Crippen molar-refractivity contribution in [3.63, 3.8) is 0 Å². The first kappa shape index (κ1) is 16.7. The normalized spacial score (nSPS) is 17.9. The molecule has 1 aromatic rings. The topological polar surface area (TPSA) is 60.9 Å². The molecule has 1 aliphatic rings. The summed E-state index contributed by atoms with van der Waals surface area (Å²) in [6, 6.07) is 0. The lowest BCUT2D eigenvalue weighted by atomic mass is 9.78. The quantitative estimate of drug-likeness (QED) is 0.850. The number of nitrogens with two attached hydrogens (primary N) is 1. The largest absolute Gasteiger partial charge is 0.325 e. The minimum absolute atomic E-state index is 0.234. The van der Waals surface area contributed by atoms with Crippen molar-refractivity contribution in [3.8, 4) is 0 Å².